The van der Waals surface area contributed by atoms with E-state index in [0.29, 0.717) is 12.3 Å². The lowest BCUT2D eigenvalue weighted by atomic mass is 10.1. The summed E-state index contributed by atoms with van der Waals surface area (Å²) in [5.41, 5.74) is 7.57. The van der Waals surface area contributed by atoms with Crippen LogP contribution in [0.3, 0.4) is 0 Å². The predicted octanol–water partition coefficient (Wildman–Crippen LogP) is 2.46. The van der Waals surface area contributed by atoms with E-state index in [9.17, 15) is 4.79 Å². The van der Waals surface area contributed by atoms with Gasteiger partial charge in [-0.1, -0.05) is 32.9 Å². The molecule has 0 aliphatic rings. The molecule has 100 valence electrons. The third-order valence-electron chi connectivity index (χ3n) is 2.35. The van der Waals surface area contributed by atoms with Crippen LogP contribution in [-0.2, 0) is 11.2 Å². The Morgan fingerprint density at radius 3 is 2.44 bits per heavy atom. The minimum absolute atomic E-state index is 0.102. The molecule has 0 atom stereocenters. The van der Waals surface area contributed by atoms with Crippen molar-refractivity contribution in [2.24, 2.45) is 0 Å². The van der Waals surface area contributed by atoms with E-state index in [4.69, 9.17) is 5.73 Å². The molecule has 1 amide bonds. The first-order valence-electron chi connectivity index (χ1n) is 6.12. The largest absolute Gasteiger partial charge is 0.399 e. The van der Waals surface area contributed by atoms with Crippen molar-refractivity contribution in [3.63, 3.8) is 0 Å². The number of carbonyl (C=O) groups is 1. The van der Waals surface area contributed by atoms with Gasteiger partial charge in [0.05, 0.1) is 5.75 Å². The molecule has 3 N–H and O–H groups in total. The molecule has 0 aliphatic heterocycles. The van der Waals surface area contributed by atoms with Crippen molar-refractivity contribution < 1.29 is 4.79 Å². The van der Waals surface area contributed by atoms with Crippen molar-refractivity contribution >= 4 is 23.4 Å². The molecule has 4 heteroatoms. The number of nitrogen functional groups attached to an aromatic ring is 1. The minimum Gasteiger partial charge on any atom is -0.399 e. The lowest BCUT2D eigenvalue weighted by Crippen LogP contribution is -2.28. The van der Waals surface area contributed by atoms with E-state index in [2.05, 4.69) is 26.1 Å². The fourth-order valence-corrected chi connectivity index (χ4v) is 2.03. The number of nitrogens with two attached hydrogens (primary N) is 1. The van der Waals surface area contributed by atoms with Crippen LogP contribution in [-0.4, -0.2) is 23.0 Å². The predicted molar refractivity (Wildman–Crippen MR) is 79.8 cm³/mol. The quantitative estimate of drug-likeness (QED) is 0.805. The minimum atomic E-state index is 0.102. The molecule has 0 unspecified atom stereocenters. The third kappa shape index (κ3) is 6.55. The average Bonchev–Trinajstić information content (AvgIpc) is 2.28. The maximum absolute atomic E-state index is 11.6. The van der Waals surface area contributed by atoms with E-state index in [1.165, 1.54) is 5.56 Å². The molecular weight excluding hydrogens is 244 g/mol. The van der Waals surface area contributed by atoms with Gasteiger partial charge in [-0.2, -0.15) is 0 Å². The van der Waals surface area contributed by atoms with Gasteiger partial charge in [-0.25, -0.2) is 0 Å². The summed E-state index contributed by atoms with van der Waals surface area (Å²) in [5.74, 6) is 0.621. The highest BCUT2D eigenvalue weighted by Crippen LogP contribution is 2.22. The molecule has 1 aromatic carbocycles. The number of thioether (sulfide) groups is 1. The van der Waals surface area contributed by atoms with E-state index in [1.807, 2.05) is 24.3 Å². The summed E-state index contributed by atoms with van der Waals surface area (Å²) in [6, 6.07) is 7.75. The Hall–Kier alpha value is -1.16. The topological polar surface area (TPSA) is 55.1 Å². The molecule has 0 spiro atoms. The summed E-state index contributed by atoms with van der Waals surface area (Å²) >= 11 is 1.66. The molecule has 0 fully saturated rings. The Balaban J connectivity index is 2.21. The Bertz CT molecular complexity index is 382. The number of nitrogens with one attached hydrogen (secondary N) is 1. The van der Waals surface area contributed by atoms with Crippen molar-refractivity contribution in [1.82, 2.24) is 5.32 Å². The standard InChI is InChI=1S/C14H22N2OS/c1-14(2,3)18-10-13(17)16-9-8-11-4-6-12(15)7-5-11/h4-7H,8-10,15H2,1-3H3,(H,16,17). The van der Waals surface area contributed by atoms with Crippen LogP contribution in [0.1, 0.15) is 26.3 Å². The van der Waals surface area contributed by atoms with Crippen LogP contribution in [0.25, 0.3) is 0 Å². The fourth-order valence-electron chi connectivity index (χ4n) is 1.36. The van der Waals surface area contributed by atoms with Gasteiger partial charge < -0.3 is 11.1 Å². The first kappa shape index (κ1) is 14.9. The van der Waals surface area contributed by atoms with Crippen LogP contribution in [0.2, 0.25) is 0 Å². The van der Waals surface area contributed by atoms with Crippen molar-refractivity contribution in [2.45, 2.75) is 31.9 Å². The van der Waals surface area contributed by atoms with Gasteiger partial charge in [-0.05, 0) is 24.1 Å². The Kier molecular flexibility index (Phi) is 5.54. The summed E-state index contributed by atoms with van der Waals surface area (Å²) in [5, 5.41) is 2.93. The maximum atomic E-state index is 11.6. The zero-order valence-corrected chi connectivity index (χ0v) is 12.1. The maximum Gasteiger partial charge on any atom is 0.230 e. The number of hydrogen-bond acceptors (Lipinski definition) is 3. The van der Waals surface area contributed by atoms with Gasteiger partial charge in [-0.3, -0.25) is 4.79 Å². The first-order valence-corrected chi connectivity index (χ1v) is 7.10. The van der Waals surface area contributed by atoms with Gasteiger partial charge in [0, 0.05) is 17.0 Å². The SMILES string of the molecule is CC(C)(C)SCC(=O)NCCc1ccc(N)cc1. The normalized spacial score (nSPS) is 11.3. The van der Waals surface area contributed by atoms with Gasteiger partial charge in [0.15, 0.2) is 0 Å². The number of benzene rings is 1. The summed E-state index contributed by atoms with van der Waals surface area (Å²) in [7, 11) is 0. The zero-order valence-electron chi connectivity index (χ0n) is 11.3. The molecule has 0 heterocycles. The monoisotopic (exact) mass is 266 g/mol. The fraction of sp³-hybridized carbons (Fsp3) is 0.500. The van der Waals surface area contributed by atoms with Crippen molar-refractivity contribution in [2.75, 3.05) is 18.0 Å². The second-order valence-corrected chi connectivity index (χ2v) is 7.04. The van der Waals surface area contributed by atoms with Crippen LogP contribution < -0.4 is 11.1 Å². The van der Waals surface area contributed by atoms with E-state index < -0.39 is 0 Å². The molecule has 1 rings (SSSR count). The molecule has 18 heavy (non-hydrogen) atoms. The molecule has 3 nitrogen and oxygen atoms in total. The number of amides is 1. The smallest absolute Gasteiger partial charge is 0.230 e. The van der Waals surface area contributed by atoms with E-state index in [1.54, 1.807) is 11.8 Å². The molecule has 0 radical (unpaired) electrons. The molecule has 0 bridgehead atoms. The number of rotatable bonds is 5. The zero-order chi connectivity index (χ0) is 13.6. The summed E-state index contributed by atoms with van der Waals surface area (Å²) < 4.78 is 0.133. The molecular formula is C14H22N2OS. The van der Waals surface area contributed by atoms with Crippen LogP contribution in [0.15, 0.2) is 24.3 Å². The van der Waals surface area contributed by atoms with Crippen LogP contribution in [0.4, 0.5) is 5.69 Å². The highest BCUT2D eigenvalue weighted by molar-refractivity contribution is 8.01. The number of carbonyl (C=O) groups excluding carboxylic acids is 1. The average molecular weight is 266 g/mol. The summed E-state index contributed by atoms with van der Waals surface area (Å²) in [6.07, 6.45) is 0.839. The van der Waals surface area contributed by atoms with Gasteiger partial charge >= 0.3 is 0 Å². The van der Waals surface area contributed by atoms with Gasteiger partial charge in [-0.15, -0.1) is 11.8 Å². The van der Waals surface area contributed by atoms with Gasteiger partial charge in [0.2, 0.25) is 5.91 Å². The Labute approximate surface area is 114 Å². The molecule has 0 saturated heterocycles. The Morgan fingerprint density at radius 1 is 1.28 bits per heavy atom. The highest BCUT2D eigenvalue weighted by atomic mass is 32.2. The first-order chi connectivity index (χ1) is 8.37. The highest BCUT2D eigenvalue weighted by Gasteiger charge is 2.12. The second-order valence-electron chi connectivity index (χ2n) is 5.24. The van der Waals surface area contributed by atoms with Crippen LogP contribution in [0, 0.1) is 0 Å². The lowest BCUT2D eigenvalue weighted by molar-refractivity contribution is -0.118. The third-order valence-corrected chi connectivity index (χ3v) is 3.62. The van der Waals surface area contributed by atoms with Crippen molar-refractivity contribution in [1.29, 1.82) is 0 Å². The van der Waals surface area contributed by atoms with Crippen LogP contribution >= 0.6 is 11.8 Å². The molecule has 0 aliphatic carbocycles. The molecule has 1 aromatic rings. The summed E-state index contributed by atoms with van der Waals surface area (Å²) in [6.45, 7) is 7.01. The van der Waals surface area contributed by atoms with Crippen molar-refractivity contribution in [3.05, 3.63) is 29.8 Å². The van der Waals surface area contributed by atoms with Crippen LogP contribution in [0.5, 0.6) is 0 Å². The molecule has 0 aromatic heterocycles. The van der Waals surface area contributed by atoms with Gasteiger partial charge in [0.25, 0.3) is 0 Å². The summed E-state index contributed by atoms with van der Waals surface area (Å²) in [4.78, 5) is 11.6. The van der Waals surface area contributed by atoms with Gasteiger partial charge in [0.1, 0.15) is 0 Å². The molecule has 0 saturated carbocycles. The van der Waals surface area contributed by atoms with Crippen molar-refractivity contribution in [3.8, 4) is 0 Å². The van der Waals surface area contributed by atoms with E-state index in [-0.39, 0.29) is 10.7 Å². The number of hydrogen-bond donors (Lipinski definition) is 2. The second kappa shape index (κ2) is 6.69. The van der Waals surface area contributed by atoms with E-state index in [0.717, 1.165) is 12.1 Å². The van der Waals surface area contributed by atoms with E-state index >= 15 is 0 Å². The Morgan fingerprint density at radius 2 is 1.89 bits per heavy atom. The lowest BCUT2D eigenvalue weighted by Gasteiger charge is -2.16. The number of anilines is 1.